The first-order valence-corrected chi connectivity index (χ1v) is 8.58. The van der Waals surface area contributed by atoms with Crippen molar-refractivity contribution in [3.63, 3.8) is 0 Å². The number of carbonyl (C=O) groups is 2. The molecular formula is C17H10ClN2O6S-. The summed E-state index contributed by atoms with van der Waals surface area (Å²) >= 11 is 6.50. The molecule has 2 amide bonds. The molecule has 2 aromatic carbocycles. The number of hydrogen-bond acceptors (Lipinski definition) is 7. The highest BCUT2D eigenvalue weighted by Crippen LogP contribution is 2.39. The minimum Gasteiger partial charge on any atom is -0.865 e. The fourth-order valence-corrected chi connectivity index (χ4v) is 3.38. The number of methoxy groups -OCH3 is 1. The second-order valence-electron chi connectivity index (χ2n) is 5.32. The molecule has 0 aliphatic carbocycles. The predicted octanol–water partition coefficient (Wildman–Crippen LogP) is 3.57. The van der Waals surface area contributed by atoms with E-state index in [1.807, 2.05) is 0 Å². The summed E-state index contributed by atoms with van der Waals surface area (Å²) in [5.74, 6) is -1.68. The molecule has 1 saturated heterocycles. The van der Waals surface area contributed by atoms with Gasteiger partial charge in [-0.25, -0.2) is 4.90 Å². The average molecular weight is 406 g/mol. The van der Waals surface area contributed by atoms with Crippen molar-refractivity contribution in [2.75, 3.05) is 12.0 Å². The van der Waals surface area contributed by atoms with Gasteiger partial charge in [0.2, 0.25) is 0 Å². The Balaban J connectivity index is 2.00. The van der Waals surface area contributed by atoms with Crippen LogP contribution in [-0.2, 0) is 4.79 Å². The first-order valence-electron chi connectivity index (χ1n) is 7.38. The van der Waals surface area contributed by atoms with Crippen molar-refractivity contribution in [1.82, 2.24) is 0 Å². The van der Waals surface area contributed by atoms with Gasteiger partial charge in [-0.3, -0.25) is 19.7 Å². The fraction of sp³-hybridized carbons (Fsp3) is 0.0588. The Hall–Kier alpha value is -3.04. The zero-order chi connectivity index (χ0) is 19.7. The summed E-state index contributed by atoms with van der Waals surface area (Å²) in [5, 5.41) is 22.9. The number of halogens is 1. The molecule has 0 aromatic heterocycles. The van der Waals surface area contributed by atoms with Crippen LogP contribution >= 0.6 is 23.4 Å². The summed E-state index contributed by atoms with van der Waals surface area (Å²) in [6, 6.07) is 8.45. The van der Waals surface area contributed by atoms with Crippen molar-refractivity contribution in [3.05, 3.63) is 62.0 Å². The Kier molecular flexibility index (Phi) is 5.06. The van der Waals surface area contributed by atoms with E-state index in [4.69, 9.17) is 16.3 Å². The zero-order valence-electron chi connectivity index (χ0n) is 13.7. The van der Waals surface area contributed by atoms with Crippen LogP contribution < -0.4 is 14.7 Å². The van der Waals surface area contributed by atoms with E-state index < -0.39 is 27.5 Å². The Morgan fingerprint density at radius 3 is 2.48 bits per heavy atom. The largest absolute Gasteiger partial charge is 0.865 e. The average Bonchev–Trinajstić information content (AvgIpc) is 2.90. The second-order valence-corrected chi connectivity index (χ2v) is 6.75. The molecule has 0 spiro atoms. The third kappa shape index (κ3) is 3.60. The Morgan fingerprint density at radius 1 is 1.22 bits per heavy atom. The van der Waals surface area contributed by atoms with E-state index in [1.54, 1.807) is 12.1 Å². The summed E-state index contributed by atoms with van der Waals surface area (Å²) in [6.07, 6.45) is 1.30. The Bertz CT molecular complexity index is 990. The number of ether oxygens (including phenoxy) is 1. The van der Waals surface area contributed by atoms with E-state index in [1.165, 1.54) is 31.4 Å². The number of benzene rings is 2. The Labute approximate surface area is 162 Å². The highest BCUT2D eigenvalue weighted by molar-refractivity contribution is 8.19. The molecule has 1 fully saturated rings. The summed E-state index contributed by atoms with van der Waals surface area (Å²) in [5.41, 5.74) is -0.138. The number of rotatable bonds is 4. The van der Waals surface area contributed by atoms with Crippen LogP contribution in [-0.4, -0.2) is 23.2 Å². The van der Waals surface area contributed by atoms with Crippen molar-refractivity contribution in [3.8, 4) is 11.5 Å². The van der Waals surface area contributed by atoms with Crippen LogP contribution in [0.1, 0.15) is 5.56 Å². The molecule has 2 aromatic rings. The third-order valence-electron chi connectivity index (χ3n) is 3.65. The summed E-state index contributed by atoms with van der Waals surface area (Å²) < 4.78 is 4.86. The van der Waals surface area contributed by atoms with E-state index in [9.17, 15) is 24.8 Å². The lowest BCUT2D eigenvalue weighted by Crippen LogP contribution is -2.27. The summed E-state index contributed by atoms with van der Waals surface area (Å²) in [7, 11) is 1.21. The van der Waals surface area contributed by atoms with Gasteiger partial charge in [0.1, 0.15) is 5.75 Å². The normalized spacial score (nSPS) is 15.5. The lowest BCUT2D eigenvalue weighted by molar-refractivity contribution is -0.398. The SMILES string of the molecule is COc1cc(/C=C2\SC(=O)N(c3ccc(Cl)cc3)C2=O)cc([N+](=O)[O-])c1[O-]. The molecule has 1 aliphatic rings. The lowest BCUT2D eigenvalue weighted by atomic mass is 10.1. The number of nitro benzene ring substituents is 1. The molecule has 3 rings (SSSR count). The van der Waals surface area contributed by atoms with Gasteiger partial charge in [0.05, 0.1) is 22.6 Å². The highest BCUT2D eigenvalue weighted by atomic mass is 35.5. The molecule has 27 heavy (non-hydrogen) atoms. The van der Waals surface area contributed by atoms with Crippen molar-refractivity contribution >= 4 is 52.0 Å². The molecule has 0 atom stereocenters. The van der Waals surface area contributed by atoms with Crippen molar-refractivity contribution in [2.45, 2.75) is 0 Å². The number of nitrogens with zero attached hydrogens (tertiary/aromatic N) is 2. The molecule has 1 aliphatic heterocycles. The second kappa shape index (κ2) is 7.29. The number of imide groups is 1. The van der Waals surface area contributed by atoms with Gasteiger partial charge in [-0.2, -0.15) is 0 Å². The molecule has 0 bridgehead atoms. The van der Waals surface area contributed by atoms with E-state index in [0.717, 1.165) is 11.0 Å². The number of hydrogen-bond donors (Lipinski definition) is 0. The first-order chi connectivity index (χ1) is 12.8. The Morgan fingerprint density at radius 2 is 1.89 bits per heavy atom. The van der Waals surface area contributed by atoms with E-state index in [0.29, 0.717) is 22.5 Å². The summed E-state index contributed by atoms with van der Waals surface area (Å²) in [4.78, 5) is 36.1. The van der Waals surface area contributed by atoms with Gasteiger partial charge in [-0.1, -0.05) is 11.6 Å². The maximum Gasteiger partial charge on any atom is 0.298 e. The smallest absolute Gasteiger partial charge is 0.298 e. The van der Waals surface area contributed by atoms with Gasteiger partial charge in [-0.15, -0.1) is 0 Å². The van der Waals surface area contributed by atoms with Gasteiger partial charge in [0.25, 0.3) is 16.8 Å². The fourth-order valence-electron chi connectivity index (χ4n) is 2.41. The standard InChI is InChI=1S/C17H11ClN2O6S/c1-26-13-7-9(6-12(15(13)21)20(24)25)8-14-16(22)19(17(23)27-14)11-4-2-10(18)3-5-11/h2-8,21H,1H3/p-1/b14-8-. The third-order valence-corrected chi connectivity index (χ3v) is 4.77. The minimum atomic E-state index is -0.867. The van der Waals surface area contributed by atoms with Crippen molar-refractivity contribution in [1.29, 1.82) is 0 Å². The number of amides is 2. The highest BCUT2D eigenvalue weighted by Gasteiger charge is 2.36. The molecule has 0 saturated carbocycles. The first kappa shape index (κ1) is 18.7. The van der Waals surface area contributed by atoms with Crippen LogP contribution in [0.15, 0.2) is 41.3 Å². The quantitative estimate of drug-likeness (QED) is 0.434. The van der Waals surface area contributed by atoms with Gasteiger partial charge in [0.15, 0.2) is 0 Å². The molecule has 138 valence electrons. The molecule has 0 radical (unpaired) electrons. The maximum atomic E-state index is 12.6. The van der Waals surface area contributed by atoms with Crippen molar-refractivity contribution in [2.24, 2.45) is 0 Å². The molecule has 1 heterocycles. The molecular weight excluding hydrogens is 396 g/mol. The van der Waals surface area contributed by atoms with Crippen LogP contribution in [0.5, 0.6) is 11.5 Å². The molecule has 8 nitrogen and oxygen atoms in total. The topological polar surface area (TPSA) is 113 Å². The van der Waals surface area contributed by atoms with Gasteiger partial charge in [-0.05, 0) is 53.7 Å². The van der Waals surface area contributed by atoms with Gasteiger partial charge in [0, 0.05) is 16.8 Å². The number of nitro groups is 1. The van der Waals surface area contributed by atoms with Gasteiger partial charge < -0.3 is 9.84 Å². The van der Waals surface area contributed by atoms with Crippen LogP contribution in [0.2, 0.25) is 5.02 Å². The number of anilines is 1. The van der Waals surface area contributed by atoms with E-state index in [-0.39, 0.29) is 16.2 Å². The van der Waals surface area contributed by atoms with E-state index in [2.05, 4.69) is 0 Å². The molecule has 0 unspecified atom stereocenters. The molecule has 10 heteroatoms. The number of thioether (sulfide) groups is 1. The monoisotopic (exact) mass is 405 g/mol. The predicted molar refractivity (Wildman–Crippen MR) is 99.0 cm³/mol. The van der Waals surface area contributed by atoms with Crippen LogP contribution in [0.3, 0.4) is 0 Å². The molecule has 0 N–H and O–H groups in total. The number of carbonyl (C=O) groups excluding carboxylic acids is 2. The van der Waals surface area contributed by atoms with Crippen molar-refractivity contribution < 1.29 is 24.4 Å². The van der Waals surface area contributed by atoms with E-state index >= 15 is 0 Å². The zero-order valence-corrected chi connectivity index (χ0v) is 15.2. The van der Waals surface area contributed by atoms with Gasteiger partial charge >= 0.3 is 0 Å². The summed E-state index contributed by atoms with van der Waals surface area (Å²) in [6.45, 7) is 0. The minimum absolute atomic E-state index is 0.0601. The van der Waals surface area contributed by atoms with Crippen LogP contribution in [0.25, 0.3) is 6.08 Å². The maximum absolute atomic E-state index is 12.6. The van der Waals surface area contributed by atoms with Crippen LogP contribution in [0, 0.1) is 10.1 Å². The van der Waals surface area contributed by atoms with Crippen LogP contribution in [0.4, 0.5) is 16.2 Å². The lowest BCUT2D eigenvalue weighted by Gasteiger charge is -2.13.